The van der Waals surface area contributed by atoms with Crippen molar-refractivity contribution in [2.45, 2.75) is 49.7 Å². The summed E-state index contributed by atoms with van der Waals surface area (Å²) in [6.45, 7) is -1.29. The Balaban J connectivity index is 1.13. The van der Waals surface area contributed by atoms with Gasteiger partial charge in [0.25, 0.3) is 5.56 Å². The lowest BCUT2D eigenvalue weighted by Crippen LogP contribution is -2.29. The summed E-state index contributed by atoms with van der Waals surface area (Å²) >= 11 is 0. The monoisotopic (exact) mass is 659 g/mol. The van der Waals surface area contributed by atoms with Crippen LogP contribution in [-0.2, 0) is 32.2 Å². The van der Waals surface area contributed by atoms with Gasteiger partial charge in [-0.25, -0.2) is 24.1 Å². The minimum absolute atomic E-state index is 0.00179. The third-order valence-electron chi connectivity index (χ3n) is 7.03. The van der Waals surface area contributed by atoms with Crippen molar-refractivity contribution in [3.8, 4) is 0 Å². The van der Waals surface area contributed by atoms with Crippen LogP contribution in [0.3, 0.4) is 0 Å². The first-order valence-electron chi connectivity index (χ1n) is 12.9. The number of hydrogen-bond acceptors (Lipinski definition) is 15. The minimum atomic E-state index is -4.93. The molecular weight excluding hydrogens is 632 g/mol. The molecule has 23 heteroatoms. The molecule has 0 saturated carbocycles. The summed E-state index contributed by atoms with van der Waals surface area (Å²) in [5.74, 6) is -0.148. The minimum Gasteiger partial charge on any atom is -0.397 e. The number of fused-ring (bicyclic) bond motifs is 2. The predicted molar refractivity (Wildman–Crippen MR) is 146 cm³/mol. The number of imidazole rings is 2. The number of pyridine rings is 1. The van der Waals surface area contributed by atoms with Crippen LogP contribution < -0.4 is 17.0 Å². The number of nitrogens with zero attached hydrogens (tertiary/aromatic N) is 6. The molecule has 0 radical (unpaired) electrons. The molecule has 4 aromatic rings. The van der Waals surface area contributed by atoms with E-state index in [1.807, 2.05) is 0 Å². The number of rotatable bonds is 10. The Morgan fingerprint density at radius 1 is 0.955 bits per heavy atom. The molecule has 0 amide bonds. The van der Waals surface area contributed by atoms with Gasteiger partial charge in [-0.05, 0) is 6.07 Å². The fourth-order valence-corrected chi connectivity index (χ4v) is 6.33. The van der Waals surface area contributed by atoms with E-state index in [1.54, 1.807) is 6.07 Å². The summed E-state index contributed by atoms with van der Waals surface area (Å²) in [6, 6.07) is 1.55. The van der Waals surface area contributed by atoms with E-state index in [1.165, 1.54) is 28.0 Å². The molecule has 7 atom stereocenters. The number of phosphoric acid groups is 2. The van der Waals surface area contributed by atoms with Crippen LogP contribution in [0.15, 0.2) is 29.7 Å². The molecule has 6 rings (SSSR count). The van der Waals surface area contributed by atoms with Crippen molar-refractivity contribution in [2.75, 3.05) is 24.7 Å². The number of aliphatic hydroxyl groups is 1. The maximum atomic E-state index is 13.0. The molecule has 2 aliphatic rings. The van der Waals surface area contributed by atoms with Gasteiger partial charge in [0.15, 0.2) is 16.8 Å². The van der Waals surface area contributed by atoms with Crippen molar-refractivity contribution < 1.29 is 52.0 Å². The van der Waals surface area contributed by atoms with Gasteiger partial charge in [0.1, 0.15) is 36.3 Å². The van der Waals surface area contributed by atoms with Gasteiger partial charge in [0.2, 0.25) is 5.95 Å². The number of nitrogens with one attached hydrogen (secondary N) is 1. The molecular formula is C21H27N9O12P2. The molecule has 0 bridgehead atoms. The highest BCUT2D eigenvalue weighted by atomic mass is 31.2. The van der Waals surface area contributed by atoms with Crippen molar-refractivity contribution in [3.63, 3.8) is 0 Å². The van der Waals surface area contributed by atoms with E-state index in [-0.39, 0.29) is 30.0 Å². The summed E-state index contributed by atoms with van der Waals surface area (Å²) in [5, 5.41) is 10.6. The normalized spacial score (nSPS) is 27.4. The summed E-state index contributed by atoms with van der Waals surface area (Å²) in [6.07, 6.45) is -2.47. The van der Waals surface area contributed by atoms with Crippen LogP contribution in [0, 0.1) is 0 Å². The Kier molecular flexibility index (Phi) is 8.05. The molecule has 2 saturated heterocycles. The average molecular weight is 659 g/mol. The average Bonchev–Trinajstić information content (AvgIpc) is 3.71. The van der Waals surface area contributed by atoms with Gasteiger partial charge < -0.3 is 40.7 Å². The van der Waals surface area contributed by atoms with Crippen molar-refractivity contribution in [1.29, 1.82) is 0 Å². The molecule has 21 nitrogen and oxygen atoms in total. The Bertz CT molecular complexity index is 1840. The Hall–Kier alpha value is -3.33. The smallest absolute Gasteiger partial charge is 0.397 e. The van der Waals surface area contributed by atoms with Gasteiger partial charge in [-0.15, -0.1) is 0 Å². The zero-order valence-corrected chi connectivity index (χ0v) is 24.2. The topological polar surface area (TPSA) is 308 Å². The molecule has 44 heavy (non-hydrogen) atoms. The number of ether oxygens (including phenoxy) is 2. The highest BCUT2D eigenvalue weighted by molar-refractivity contribution is 7.47. The van der Waals surface area contributed by atoms with Gasteiger partial charge in [-0.3, -0.25) is 32.5 Å². The van der Waals surface area contributed by atoms with Crippen molar-refractivity contribution in [2.24, 2.45) is 0 Å². The highest BCUT2D eigenvalue weighted by Crippen LogP contribution is 2.50. The molecule has 0 spiro atoms. The molecule has 0 aliphatic carbocycles. The second-order valence-electron chi connectivity index (χ2n) is 9.99. The van der Waals surface area contributed by atoms with Gasteiger partial charge in [-0.2, -0.15) is 4.98 Å². The number of hydrogen-bond donors (Lipinski definition) is 7. The van der Waals surface area contributed by atoms with E-state index >= 15 is 0 Å². The lowest BCUT2D eigenvalue weighted by Gasteiger charge is -2.22. The van der Waals surface area contributed by atoms with E-state index in [9.17, 15) is 33.7 Å². The fourth-order valence-electron chi connectivity index (χ4n) is 5.03. The van der Waals surface area contributed by atoms with E-state index in [0.29, 0.717) is 16.9 Å². The first kappa shape index (κ1) is 30.7. The third-order valence-corrected chi connectivity index (χ3v) is 8.52. The molecule has 0 aromatic carbocycles. The summed E-state index contributed by atoms with van der Waals surface area (Å²) in [4.78, 5) is 59.8. The lowest BCUT2D eigenvalue weighted by atomic mass is 10.2. The maximum Gasteiger partial charge on any atom is 0.472 e. The van der Waals surface area contributed by atoms with Crippen molar-refractivity contribution >= 4 is 49.6 Å². The van der Waals surface area contributed by atoms with Crippen LogP contribution in [0.2, 0.25) is 0 Å². The number of phosphoric ester groups is 2. The van der Waals surface area contributed by atoms with Crippen LogP contribution in [-0.4, -0.2) is 91.5 Å². The van der Waals surface area contributed by atoms with Crippen LogP contribution in [0.1, 0.15) is 25.3 Å². The fraction of sp³-hybridized carbons (Fsp3) is 0.476. The first-order valence-corrected chi connectivity index (χ1v) is 15.9. The van der Waals surface area contributed by atoms with Gasteiger partial charge in [0, 0.05) is 19.0 Å². The molecule has 6 heterocycles. The third kappa shape index (κ3) is 6.25. The van der Waals surface area contributed by atoms with Crippen LogP contribution in [0.5, 0.6) is 0 Å². The molecule has 2 aliphatic heterocycles. The van der Waals surface area contributed by atoms with Crippen molar-refractivity contribution in [3.05, 3.63) is 35.3 Å². The van der Waals surface area contributed by atoms with E-state index < -0.39 is 71.3 Å². The van der Waals surface area contributed by atoms with E-state index in [0.717, 1.165) is 0 Å². The zero-order valence-electron chi connectivity index (χ0n) is 22.4. The number of anilines is 2. The second kappa shape index (κ2) is 11.5. The van der Waals surface area contributed by atoms with Crippen LogP contribution >= 0.6 is 15.6 Å². The Labute approximate surface area is 245 Å². The molecule has 2 unspecified atom stereocenters. The number of aliphatic hydroxyl groups excluding tert-OH is 1. The van der Waals surface area contributed by atoms with Gasteiger partial charge in [-0.1, -0.05) is 0 Å². The number of aromatic nitrogens is 7. The Morgan fingerprint density at radius 2 is 1.61 bits per heavy atom. The first-order chi connectivity index (χ1) is 20.8. The quantitative estimate of drug-likeness (QED) is 0.103. The molecule has 2 fully saturated rings. The summed E-state index contributed by atoms with van der Waals surface area (Å²) in [7, 11) is -9.82. The molecule has 9 N–H and O–H groups in total. The lowest BCUT2D eigenvalue weighted by molar-refractivity contribution is -0.0549. The predicted octanol–water partition coefficient (Wildman–Crippen LogP) is -0.724. The molecule has 4 aromatic heterocycles. The highest BCUT2D eigenvalue weighted by Gasteiger charge is 2.44. The SMILES string of the molecule is Nc1nc2c(ncn2[C@H]2C[C@H](O)[C@@H](COP(=O)(O)OC3C[C@H](n4cnc5c(N)ccnc54)O[C@@H]3COP(=O)(O)O)O2)c(=O)[nH]1. The van der Waals surface area contributed by atoms with Gasteiger partial charge in [0.05, 0.1) is 37.7 Å². The number of nitrogens with two attached hydrogens (primary N) is 2. The number of nitrogen functional groups attached to an aromatic ring is 2. The van der Waals surface area contributed by atoms with E-state index in [2.05, 4.69) is 29.4 Å². The summed E-state index contributed by atoms with van der Waals surface area (Å²) < 4.78 is 53.9. The van der Waals surface area contributed by atoms with Crippen LogP contribution in [0.25, 0.3) is 22.3 Å². The van der Waals surface area contributed by atoms with E-state index in [4.69, 9.17) is 30.0 Å². The largest absolute Gasteiger partial charge is 0.472 e. The Morgan fingerprint density at radius 3 is 2.36 bits per heavy atom. The number of H-pyrrole nitrogens is 1. The zero-order chi connectivity index (χ0) is 31.4. The standard InChI is InChI=1S/C21H27N9O12P2/c22-9-1-2-24-18-16(9)25-7-29(18)15-4-11(13(41-15)6-38-43(33,34)35)42-44(36,37)39-5-12-10(31)3-14(40-12)30-8-26-17-19(30)27-21(23)28-20(17)32/h1-2,7-8,10-15,31H,3-6H2,(H2,22,24)(H,36,37)(H2,33,34,35)(H3,23,27,28,32)/t10-,11?,12+,13+,14+,15+/m0/s1. The summed E-state index contributed by atoms with van der Waals surface area (Å²) in [5.41, 5.74) is 12.2. The number of aromatic amines is 1. The molecule has 238 valence electrons. The van der Waals surface area contributed by atoms with Crippen molar-refractivity contribution in [1.82, 2.24) is 34.1 Å². The van der Waals surface area contributed by atoms with Crippen LogP contribution in [0.4, 0.5) is 11.6 Å². The second-order valence-corrected chi connectivity index (χ2v) is 12.6. The van der Waals surface area contributed by atoms with Gasteiger partial charge >= 0.3 is 15.6 Å². The maximum absolute atomic E-state index is 13.0.